The zero-order chi connectivity index (χ0) is 26.1. The van der Waals surface area contributed by atoms with Gasteiger partial charge in [0.25, 0.3) is 0 Å². The largest absolute Gasteiger partial charge is 0.368 e. The van der Waals surface area contributed by atoms with Gasteiger partial charge < -0.3 is 15.1 Å². The van der Waals surface area contributed by atoms with Crippen molar-refractivity contribution >= 4 is 22.3 Å². The van der Waals surface area contributed by atoms with Gasteiger partial charge in [0.15, 0.2) is 0 Å². The summed E-state index contributed by atoms with van der Waals surface area (Å²) < 4.78 is 15.1. The third kappa shape index (κ3) is 4.92. The lowest BCUT2D eigenvalue weighted by molar-refractivity contribution is 0.127. The molecular weight excluding hydrogens is 479 g/mol. The summed E-state index contributed by atoms with van der Waals surface area (Å²) in [5.74, 6) is -0.205. The summed E-state index contributed by atoms with van der Waals surface area (Å²) in [5, 5.41) is 13.9. The molecule has 0 amide bonds. The van der Waals surface area contributed by atoms with Crippen LogP contribution in [0.5, 0.6) is 0 Å². The van der Waals surface area contributed by atoms with Crippen molar-refractivity contribution in [3.05, 3.63) is 59.8 Å². The molecule has 2 atom stereocenters. The standard InChI is InChI=1S/C29H35FN8/c1-21-18-37(28-5-4-22(16-31)29-25(28)3-2-7-33-29)19-23-6-10-35(13-14-38(21)23)20-27-26(30)15-24(17-34-27)36-11-8-32-9-12-36/h2-5,7,15,17,21,23,32H,6,8-14,18-20H2,1H3/t21-,23+/m1/s1. The van der Waals surface area contributed by atoms with Gasteiger partial charge in [-0.15, -0.1) is 0 Å². The highest BCUT2D eigenvalue weighted by Gasteiger charge is 2.35. The minimum atomic E-state index is -0.205. The Morgan fingerprint density at radius 3 is 2.74 bits per heavy atom. The second-order valence-corrected chi connectivity index (χ2v) is 10.7. The molecular formula is C29H35FN8. The summed E-state index contributed by atoms with van der Waals surface area (Å²) in [6.07, 6.45) is 4.61. The van der Waals surface area contributed by atoms with E-state index in [1.165, 1.54) is 0 Å². The van der Waals surface area contributed by atoms with E-state index in [-0.39, 0.29) is 5.82 Å². The van der Waals surface area contributed by atoms with Gasteiger partial charge in [-0.2, -0.15) is 5.26 Å². The number of hydrogen-bond acceptors (Lipinski definition) is 8. The molecule has 0 aliphatic carbocycles. The highest BCUT2D eigenvalue weighted by molar-refractivity contribution is 5.95. The number of nitrogens with zero attached hydrogens (tertiary/aromatic N) is 7. The second-order valence-electron chi connectivity index (χ2n) is 10.7. The van der Waals surface area contributed by atoms with Crippen molar-refractivity contribution in [3.8, 4) is 6.07 Å². The Kier molecular flexibility index (Phi) is 7.11. The first-order valence-corrected chi connectivity index (χ1v) is 13.7. The number of pyridine rings is 2. The van der Waals surface area contributed by atoms with Crippen LogP contribution >= 0.6 is 0 Å². The Bertz CT molecular complexity index is 1330. The third-order valence-corrected chi connectivity index (χ3v) is 8.37. The zero-order valence-corrected chi connectivity index (χ0v) is 22.0. The monoisotopic (exact) mass is 514 g/mol. The van der Waals surface area contributed by atoms with Crippen LogP contribution < -0.4 is 15.1 Å². The number of rotatable bonds is 4. The predicted molar refractivity (Wildman–Crippen MR) is 148 cm³/mol. The summed E-state index contributed by atoms with van der Waals surface area (Å²) in [7, 11) is 0. The second kappa shape index (κ2) is 10.8. The van der Waals surface area contributed by atoms with Crippen LogP contribution in [0.4, 0.5) is 15.8 Å². The number of nitrogens with one attached hydrogen (secondary N) is 1. The number of aromatic nitrogens is 2. The Labute approximate surface area is 223 Å². The zero-order valence-electron chi connectivity index (χ0n) is 22.0. The highest BCUT2D eigenvalue weighted by atomic mass is 19.1. The van der Waals surface area contributed by atoms with Crippen molar-refractivity contribution in [1.82, 2.24) is 25.1 Å². The lowest BCUT2D eigenvalue weighted by Crippen LogP contribution is -2.58. The third-order valence-electron chi connectivity index (χ3n) is 8.37. The van der Waals surface area contributed by atoms with E-state index < -0.39 is 0 Å². The molecule has 0 radical (unpaired) electrons. The van der Waals surface area contributed by atoms with Gasteiger partial charge in [-0.3, -0.25) is 19.8 Å². The van der Waals surface area contributed by atoms with E-state index in [4.69, 9.17) is 0 Å². The van der Waals surface area contributed by atoms with Gasteiger partial charge in [-0.25, -0.2) is 4.39 Å². The molecule has 0 bridgehead atoms. The Hall–Kier alpha value is -3.32. The molecule has 1 N–H and O–H groups in total. The fourth-order valence-electron chi connectivity index (χ4n) is 6.34. The van der Waals surface area contributed by atoms with Crippen LogP contribution in [-0.4, -0.2) is 90.8 Å². The Morgan fingerprint density at radius 1 is 1.05 bits per heavy atom. The number of anilines is 2. The number of halogens is 1. The van der Waals surface area contributed by atoms with Gasteiger partial charge in [0.05, 0.1) is 28.7 Å². The number of benzene rings is 1. The first kappa shape index (κ1) is 25.0. The molecule has 9 heteroatoms. The number of nitriles is 1. The molecule has 0 unspecified atom stereocenters. The SMILES string of the molecule is C[C@@H]1CN(c2ccc(C#N)c3ncccc23)C[C@@H]2CCN(Cc3ncc(N4CCNCC4)cc3F)CCN21. The topological polar surface area (TPSA) is 74.6 Å². The highest BCUT2D eigenvalue weighted by Crippen LogP contribution is 2.32. The van der Waals surface area contributed by atoms with E-state index >= 15 is 4.39 Å². The molecule has 5 heterocycles. The van der Waals surface area contributed by atoms with E-state index in [9.17, 15) is 5.26 Å². The first-order chi connectivity index (χ1) is 18.6. The molecule has 38 heavy (non-hydrogen) atoms. The molecule has 8 nitrogen and oxygen atoms in total. The first-order valence-electron chi connectivity index (χ1n) is 13.7. The van der Waals surface area contributed by atoms with E-state index in [0.717, 1.165) is 87.6 Å². The van der Waals surface area contributed by atoms with Crippen LogP contribution in [0, 0.1) is 17.1 Å². The van der Waals surface area contributed by atoms with Gasteiger partial charge in [-0.1, -0.05) is 0 Å². The van der Waals surface area contributed by atoms with Crippen molar-refractivity contribution in [1.29, 1.82) is 5.26 Å². The lowest BCUT2D eigenvalue weighted by Gasteiger charge is -2.46. The smallest absolute Gasteiger partial charge is 0.148 e. The summed E-state index contributed by atoms with van der Waals surface area (Å²) in [6.45, 7) is 11.1. The number of fused-ring (bicyclic) bond motifs is 2. The average molecular weight is 515 g/mol. The van der Waals surface area contributed by atoms with Crippen molar-refractivity contribution < 1.29 is 4.39 Å². The summed E-state index contributed by atoms with van der Waals surface area (Å²) in [6, 6.07) is 12.7. The van der Waals surface area contributed by atoms with E-state index in [0.29, 0.717) is 29.9 Å². The molecule has 3 fully saturated rings. The normalized spacial score (nSPS) is 23.2. The molecule has 0 spiro atoms. The molecule has 1 aromatic carbocycles. The summed E-state index contributed by atoms with van der Waals surface area (Å²) in [4.78, 5) is 18.7. The van der Waals surface area contributed by atoms with Crippen LogP contribution in [0.15, 0.2) is 42.7 Å². The quantitative estimate of drug-likeness (QED) is 0.570. The van der Waals surface area contributed by atoms with Gasteiger partial charge >= 0.3 is 0 Å². The van der Waals surface area contributed by atoms with Crippen LogP contribution in [0.25, 0.3) is 10.9 Å². The molecule has 3 aromatic rings. The maximum Gasteiger partial charge on any atom is 0.148 e. The van der Waals surface area contributed by atoms with Crippen molar-refractivity contribution in [3.63, 3.8) is 0 Å². The molecule has 2 aromatic heterocycles. The minimum Gasteiger partial charge on any atom is -0.368 e. The molecule has 3 saturated heterocycles. The van der Waals surface area contributed by atoms with E-state index in [1.54, 1.807) is 12.3 Å². The van der Waals surface area contributed by atoms with Crippen LogP contribution in [-0.2, 0) is 6.54 Å². The van der Waals surface area contributed by atoms with Crippen molar-refractivity contribution in [2.24, 2.45) is 0 Å². The lowest BCUT2D eigenvalue weighted by atomic mass is 10.0. The fourth-order valence-corrected chi connectivity index (χ4v) is 6.34. The summed E-state index contributed by atoms with van der Waals surface area (Å²) in [5.41, 5.74) is 3.95. The van der Waals surface area contributed by atoms with Crippen LogP contribution in [0.3, 0.4) is 0 Å². The van der Waals surface area contributed by atoms with Gasteiger partial charge in [0.2, 0.25) is 0 Å². The maximum atomic E-state index is 15.1. The Balaban J connectivity index is 1.15. The minimum absolute atomic E-state index is 0.205. The van der Waals surface area contributed by atoms with Gasteiger partial charge in [0.1, 0.15) is 11.9 Å². The van der Waals surface area contributed by atoms with E-state index in [1.807, 2.05) is 18.3 Å². The number of hydrogen-bond donors (Lipinski definition) is 1. The van der Waals surface area contributed by atoms with Crippen LogP contribution in [0.2, 0.25) is 0 Å². The van der Waals surface area contributed by atoms with E-state index in [2.05, 4.69) is 60.0 Å². The van der Waals surface area contributed by atoms with Crippen molar-refractivity contribution in [2.75, 3.05) is 68.7 Å². The Morgan fingerprint density at radius 2 is 1.92 bits per heavy atom. The summed E-state index contributed by atoms with van der Waals surface area (Å²) >= 11 is 0. The van der Waals surface area contributed by atoms with Gasteiger partial charge in [0, 0.05) is 101 Å². The molecule has 198 valence electrons. The fraction of sp³-hybridized carbons (Fsp3) is 0.483. The predicted octanol–water partition coefficient (Wildman–Crippen LogP) is 2.84. The molecule has 3 aliphatic heterocycles. The maximum absolute atomic E-state index is 15.1. The average Bonchev–Trinajstić information content (AvgIpc) is 3.16. The molecule has 0 saturated carbocycles. The van der Waals surface area contributed by atoms with Crippen molar-refractivity contribution in [2.45, 2.75) is 32.0 Å². The van der Waals surface area contributed by atoms with Crippen LogP contribution in [0.1, 0.15) is 24.6 Å². The molecule has 3 aliphatic rings. The molecule has 6 rings (SSSR count). The number of piperazine rings is 2. The van der Waals surface area contributed by atoms with Gasteiger partial charge in [-0.05, 0) is 37.6 Å².